The van der Waals surface area contributed by atoms with Gasteiger partial charge in [-0.15, -0.1) is 11.3 Å². The molecule has 0 saturated heterocycles. The summed E-state index contributed by atoms with van der Waals surface area (Å²) in [6.45, 7) is 1.01. The number of urea groups is 1. The summed E-state index contributed by atoms with van der Waals surface area (Å²) in [5, 5.41) is 10.9. The van der Waals surface area contributed by atoms with Crippen LogP contribution in [0.4, 0.5) is 4.79 Å². The zero-order chi connectivity index (χ0) is 18.5. The molecule has 0 aliphatic carbocycles. The van der Waals surface area contributed by atoms with E-state index < -0.39 is 0 Å². The highest BCUT2D eigenvalue weighted by atomic mass is 32.1. The van der Waals surface area contributed by atoms with Crippen molar-refractivity contribution in [2.75, 3.05) is 6.54 Å². The van der Waals surface area contributed by atoms with E-state index in [9.17, 15) is 4.79 Å². The van der Waals surface area contributed by atoms with Crippen LogP contribution in [0, 0.1) is 0 Å². The first-order chi connectivity index (χ1) is 13.3. The van der Waals surface area contributed by atoms with Crippen LogP contribution >= 0.6 is 11.3 Å². The van der Waals surface area contributed by atoms with Crippen molar-refractivity contribution in [3.05, 3.63) is 77.6 Å². The Kier molecular flexibility index (Phi) is 5.11. The summed E-state index contributed by atoms with van der Waals surface area (Å²) in [6, 6.07) is 17.8. The van der Waals surface area contributed by atoms with E-state index in [0.717, 1.165) is 32.9 Å². The minimum absolute atomic E-state index is 0.178. The number of thiazole rings is 1. The van der Waals surface area contributed by atoms with Gasteiger partial charge in [0, 0.05) is 18.9 Å². The molecule has 27 heavy (non-hydrogen) atoms. The number of fused-ring (bicyclic) bond motifs is 1. The van der Waals surface area contributed by atoms with Crippen LogP contribution in [-0.4, -0.2) is 27.3 Å². The predicted octanol–water partition coefficient (Wildman–Crippen LogP) is 3.52. The highest BCUT2D eigenvalue weighted by molar-refractivity contribution is 7.18. The molecule has 2 N–H and O–H groups in total. The van der Waals surface area contributed by atoms with Gasteiger partial charge in [-0.05, 0) is 42.3 Å². The first kappa shape index (κ1) is 17.2. The van der Waals surface area contributed by atoms with E-state index in [1.54, 1.807) is 17.5 Å². The molecule has 136 valence electrons. The van der Waals surface area contributed by atoms with Crippen LogP contribution < -0.4 is 10.6 Å². The SMILES string of the molecule is O=C(NCCc1ccc(-n2cccn2)cc1)NCc1nc2ccccc2s1. The second-order valence-corrected chi connectivity index (χ2v) is 7.17. The molecule has 4 aromatic rings. The van der Waals surface area contributed by atoms with Crippen molar-refractivity contribution in [2.24, 2.45) is 0 Å². The van der Waals surface area contributed by atoms with Gasteiger partial charge in [-0.1, -0.05) is 24.3 Å². The maximum atomic E-state index is 12.0. The van der Waals surface area contributed by atoms with Crippen molar-refractivity contribution in [3.63, 3.8) is 0 Å². The summed E-state index contributed by atoms with van der Waals surface area (Å²) in [6.07, 6.45) is 4.44. The molecule has 7 heteroatoms. The van der Waals surface area contributed by atoms with Crippen molar-refractivity contribution in [1.82, 2.24) is 25.4 Å². The number of aromatic nitrogens is 3. The van der Waals surface area contributed by atoms with E-state index in [1.165, 1.54) is 0 Å². The topological polar surface area (TPSA) is 71.8 Å². The summed E-state index contributed by atoms with van der Waals surface area (Å²) >= 11 is 1.60. The average molecular weight is 377 g/mol. The first-order valence-corrected chi connectivity index (χ1v) is 9.55. The molecule has 0 aliphatic heterocycles. The summed E-state index contributed by atoms with van der Waals surface area (Å²) in [5.41, 5.74) is 3.15. The molecule has 2 aromatic carbocycles. The molecule has 0 atom stereocenters. The van der Waals surface area contributed by atoms with Gasteiger partial charge in [0.15, 0.2) is 0 Å². The Bertz CT molecular complexity index is 991. The second kappa shape index (κ2) is 8.01. The van der Waals surface area contributed by atoms with E-state index in [-0.39, 0.29) is 6.03 Å². The number of nitrogens with one attached hydrogen (secondary N) is 2. The largest absolute Gasteiger partial charge is 0.338 e. The van der Waals surface area contributed by atoms with E-state index in [2.05, 4.69) is 32.8 Å². The lowest BCUT2D eigenvalue weighted by Crippen LogP contribution is -2.36. The lowest BCUT2D eigenvalue weighted by Gasteiger charge is -2.07. The Hall–Kier alpha value is -3.19. The van der Waals surface area contributed by atoms with Crippen LogP contribution in [0.25, 0.3) is 15.9 Å². The van der Waals surface area contributed by atoms with Gasteiger partial charge in [0.05, 0.1) is 22.4 Å². The van der Waals surface area contributed by atoms with Gasteiger partial charge in [-0.3, -0.25) is 0 Å². The molecule has 0 fully saturated rings. The minimum Gasteiger partial charge on any atom is -0.338 e. The molecule has 2 amide bonds. The molecular weight excluding hydrogens is 358 g/mol. The van der Waals surface area contributed by atoms with Crippen LogP contribution in [0.5, 0.6) is 0 Å². The number of hydrogen-bond acceptors (Lipinski definition) is 4. The number of amides is 2. The number of carbonyl (C=O) groups is 1. The molecule has 2 aromatic heterocycles. The maximum Gasteiger partial charge on any atom is 0.315 e. The van der Waals surface area contributed by atoms with Crippen molar-refractivity contribution in [3.8, 4) is 5.69 Å². The number of carbonyl (C=O) groups excluding carboxylic acids is 1. The smallest absolute Gasteiger partial charge is 0.315 e. The minimum atomic E-state index is -0.178. The second-order valence-electron chi connectivity index (χ2n) is 6.05. The van der Waals surface area contributed by atoms with E-state index >= 15 is 0 Å². The molecule has 4 rings (SSSR count). The van der Waals surface area contributed by atoms with Gasteiger partial charge in [-0.25, -0.2) is 14.5 Å². The maximum absolute atomic E-state index is 12.0. The normalized spacial score (nSPS) is 10.8. The van der Waals surface area contributed by atoms with Crippen molar-refractivity contribution in [1.29, 1.82) is 0 Å². The van der Waals surface area contributed by atoms with Gasteiger partial charge < -0.3 is 10.6 Å². The third-order valence-electron chi connectivity index (χ3n) is 4.14. The summed E-state index contributed by atoms with van der Waals surface area (Å²) in [4.78, 5) is 16.5. The zero-order valence-corrected chi connectivity index (χ0v) is 15.4. The monoisotopic (exact) mass is 377 g/mol. The summed E-state index contributed by atoms with van der Waals surface area (Å²) < 4.78 is 2.95. The quantitative estimate of drug-likeness (QED) is 0.540. The molecule has 0 spiro atoms. The Balaban J connectivity index is 1.22. The van der Waals surface area contributed by atoms with Crippen LogP contribution in [0.15, 0.2) is 67.0 Å². The molecule has 0 aliphatic rings. The summed E-state index contributed by atoms with van der Waals surface area (Å²) in [7, 11) is 0. The Labute approximate surface area is 160 Å². The van der Waals surface area contributed by atoms with Crippen molar-refractivity contribution in [2.45, 2.75) is 13.0 Å². The zero-order valence-electron chi connectivity index (χ0n) is 14.6. The average Bonchev–Trinajstić information content (AvgIpc) is 3.36. The lowest BCUT2D eigenvalue weighted by molar-refractivity contribution is 0.240. The molecule has 0 bridgehead atoms. The Morgan fingerprint density at radius 1 is 1.04 bits per heavy atom. The number of benzene rings is 2. The van der Waals surface area contributed by atoms with E-state index in [0.29, 0.717) is 13.1 Å². The van der Waals surface area contributed by atoms with Gasteiger partial charge in [0.1, 0.15) is 5.01 Å². The van der Waals surface area contributed by atoms with E-state index in [4.69, 9.17) is 0 Å². The molecule has 2 heterocycles. The van der Waals surface area contributed by atoms with Crippen LogP contribution in [0.3, 0.4) is 0 Å². The van der Waals surface area contributed by atoms with Gasteiger partial charge >= 0.3 is 6.03 Å². The molecule has 0 saturated carbocycles. The van der Waals surface area contributed by atoms with Crippen LogP contribution in [-0.2, 0) is 13.0 Å². The van der Waals surface area contributed by atoms with Crippen molar-refractivity contribution >= 4 is 27.6 Å². The molecular formula is C20H19N5OS. The summed E-state index contributed by atoms with van der Waals surface area (Å²) in [5.74, 6) is 0. The molecule has 0 radical (unpaired) electrons. The molecule has 0 unspecified atom stereocenters. The van der Waals surface area contributed by atoms with Gasteiger partial charge in [0.25, 0.3) is 0 Å². The number of rotatable bonds is 6. The predicted molar refractivity (Wildman–Crippen MR) is 107 cm³/mol. The van der Waals surface area contributed by atoms with Crippen LogP contribution in [0.2, 0.25) is 0 Å². The third kappa shape index (κ3) is 4.32. The fraction of sp³-hybridized carbons (Fsp3) is 0.150. The van der Waals surface area contributed by atoms with E-state index in [1.807, 2.05) is 53.3 Å². The van der Waals surface area contributed by atoms with Crippen LogP contribution in [0.1, 0.15) is 10.6 Å². The highest BCUT2D eigenvalue weighted by Gasteiger charge is 2.05. The Morgan fingerprint density at radius 2 is 1.89 bits per heavy atom. The standard InChI is InChI=1S/C20H19N5OS/c26-20(22-14-19-24-17-4-1-2-5-18(17)27-19)21-12-10-15-6-8-16(9-7-15)25-13-3-11-23-25/h1-9,11,13H,10,12,14H2,(H2,21,22,26). The lowest BCUT2D eigenvalue weighted by atomic mass is 10.1. The third-order valence-corrected chi connectivity index (χ3v) is 5.18. The fourth-order valence-corrected chi connectivity index (χ4v) is 3.68. The first-order valence-electron chi connectivity index (χ1n) is 8.73. The number of hydrogen-bond donors (Lipinski definition) is 2. The highest BCUT2D eigenvalue weighted by Crippen LogP contribution is 2.21. The molecule has 6 nitrogen and oxygen atoms in total. The van der Waals surface area contributed by atoms with Gasteiger partial charge in [-0.2, -0.15) is 5.10 Å². The Morgan fingerprint density at radius 3 is 2.67 bits per heavy atom. The fourth-order valence-electron chi connectivity index (χ4n) is 2.77. The van der Waals surface area contributed by atoms with Crippen molar-refractivity contribution < 1.29 is 4.79 Å². The van der Waals surface area contributed by atoms with Gasteiger partial charge in [0.2, 0.25) is 0 Å². The number of para-hydroxylation sites is 1. The number of nitrogens with zero attached hydrogens (tertiary/aromatic N) is 3.